The molecular weight excluding hydrogens is 328 g/mol. The summed E-state index contributed by atoms with van der Waals surface area (Å²) in [5.74, 6) is -2.52. The van der Waals surface area contributed by atoms with Crippen molar-refractivity contribution < 1.29 is 33.4 Å². The van der Waals surface area contributed by atoms with E-state index in [4.69, 9.17) is 14.2 Å². The molecule has 3 fully saturated rings. The summed E-state index contributed by atoms with van der Waals surface area (Å²) < 4.78 is 15.2. The Kier molecular flexibility index (Phi) is 4.67. The van der Waals surface area contributed by atoms with Crippen molar-refractivity contribution >= 4 is 23.7 Å². The molecular formula is C18H22O7. The highest BCUT2D eigenvalue weighted by atomic mass is 16.6. The van der Waals surface area contributed by atoms with E-state index in [1.165, 1.54) is 14.0 Å². The lowest BCUT2D eigenvalue weighted by molar-refractivity contribution is -0.153. The third kappa shape index (κ3) is 2.96. The van der Waals surface area contributed by atoms with Crippen molar-refractivity contribution in [3.05, 3.63) is 12.2 Å². The number of hydrogen-bond donors (Lipinski definition) is 0. The highest BCUT2D eigenvalue weighted by molar-refractivity contribution is 5.88. The fourth-order valence-electron chi connectivity index (χ4n) is 4.66. The lowest BCUT2D eigenvalue weighted by atomic mass is 9.72. The van der Waals surface area contributed by atoms with Crippen LogP contribution in [0.2, 0.25) is 0 Å². The molecule has 7 heteroatoms. The maximum absolute atomic E-state index is 12.3. The van der Waals surface area contributed by atoms with Crippen molar-refractivity contribution in [1.29, 1.82) is 0 Å². The molecule has 0 spiro atoms. The quantitative estimate of drug-likeness (QED) is 0.385. The number of rotatable bonds is 7. The monoisotopic (exact) mass is 350 g/mol. The van der Waals surface area contributed by atoms with Gasteiger partial charge in [0.05, 0.1) is 25.6 Å². The van der Waals surface area contributed by atoms with Crippen LogP contribution in [0.15, 0.2) is 12.2 Å². The molecule has 136 valence electrons. The predicted molar refractivity (Wildman–Crippen MR) is 84.0 cm³/mol. The minimum atomic E-state index is -0.522. The Balaban J connectivity index is 1.61. The summed E-state index contributed by atoms with van der Waals surface area (Å²) in [6, 6.07) is 0. The molecule has 0 radical (unpaired) electrons. The second-order valence-electron chi connectivity index (χ2n) is 7.11. The van der Waals surface area contributed by atoms with Crippen LogP contribution in [-0.4, -0.2) is 43.5 Å². The Hall–Kier alpha value is -2.18. The topological polar surface area (TPSA) is 96.0 Å². The van der Waals surface area contributed by atoms with E-state index in [1.807, 2.05) is 0 Å². The summed E-state index contributed by atoms with van der Waals surface area (Å²) in [4.78, 5) is 47.8. The normalized spacial score (nSPS) is 34.6. The van der Waals surface area contributed by atoms with Crippen molar-refractivity contribution in [1.82, 2.24) is 0 Å². The van der Waals surface area contributed by atoms with Crippen LogP contribution in [-0.2, 0) is 33.4 Å². The van der Waals surface area contributed by atoms with E-state index in [2.05, 4.69) is 6.58 Å². The van der Waals surface area contributed by atoms with E-state index in [1.54, 1.807) is 0 Å². The molecule has 2 saturated carbocycles. The van der Waals surface area contributed by atoms with Gasteiger partial charge in [0.1, 0.15) is 11.9 Å². The Morgan fingerprint density at radius 2 is 2.00 bits per heavy atom. The maximum atomic E-state index is 12.3. The minimum Gasteiger partial charge on any atom is -0.469 e. The van der Waals surface area contributed by atoms with Gasteiger partial charge in [-0.1, -0.05) is 6.58 Å². The molecule has 0 amide bonds. The van der Waals surface area contributed by atoms with Crippen molar-refractivity contribution in [2.75, 3.05) is 13.7 Å². The van der Waals surface area contributed by atoms with Crippen LogP contribution in [0.3, 0.4) is 0 Å². The molecule has 2 bridgehead atoms. The molecule has 6 atom stereocenters. The summed E-state index contributed by atoms with van der Waals surface area (Å²) in [6.07, 6.45) is 0.734. The minimum absolute atomic E-state index is 0.000595. The number of Topliss-reactive ketones (excluding diaryl/α,β-unsaturated/α-hetero) is 1. The molecule has 0 aromatic carbocycles. The molecule has 0 aromatic heterocycles. The van der Waals surface area contributed by atoms with E-state index >= 15 is 0 Å². The molecule has 3 aliphatic rings. The SMILES string of the molecule is C=C(C)C(=O)OCCC(=O)CC1C2CC3C1OC(=O)C3C2C(=O)OC. The highest BCUT2D eigenvalue weighted by Crippen LogP contribution is 2.61. The van der Waals surface area contributed by atoms with Crippen LogP contribution in [0.1, 0.15) is 26.2 Å². The zero-order chi connectivity index (χ0) is 18.3. The van der Waals surface area contributed by atoms with Gasteiger partial charge in [-0.25, -0.2) is 4.79 Å². The standard InChI is InChI=1S/C18H22O7/c1-8(2)16(20)24-5-4-9(19)6-11-10-7-12-14(13(10)17(21)23-3)18(22)25-15(11)12/h10-15H,1,4-7H2,2-3H3. The zero-order valence-electron chi connectivity index (χ0n) is 14.4. The van der Waals surface area contributed by atoms with Crippen molar-refractivity contribution in [2.24, 2.45) is 29.6 Å². The highest BCUT2D eigenvalue weighted by Gasteiger charge is 2.68. The van der Waals surface area contributed by atoms with Gasteiger partial charge >= 0.3 is 17.9 Å². The Bertz CT molecular complexity index is 637. The summed E-state index contributed by atoms with van der Waals surface area (Å²) in [6.45, 7) is 5.01. The fraction of sp³-hybridized carbons (Fsp3) is 0.667. The summed E-state index contributed by atoms with van der Waals surface area (Å²) in [5.41, 5.74) is 0.283. The Morgan fingerprint density at radius 1 is 1.28 bits per heavy atom. The lowest BCUT2D eigenvalue weighted by Gasteiger charge is -2.29. The first-order valence-corrected chi connectivity index (χ1v) is 8.47. The first-order chi connectivity index (χ1) is 11.8. The van der Waals surface area contributed by atoms with E-state index in [9.17, 15) is 19.2 Å². The molecule has 6 unspecified atom stereocenters. The van der Waals surface area contributed by atoms with Crippen molar-refractivity contribution in [3.8, 4) is 0 Å². The third-order valence-electron chi connectivity index (χ3n) is 5.67. The summed E-state index contributed by atoms with van der Waals surface area (Å²) in [5, 5.41) is 0. The van der Waals surface area contributed by atoms with Gasteiger partial charge < -0.3 is 14.2 Å². The molecule has 3 rings (SSSR count). The third-order valence-corrected chi connectivity index (χ3v) is 5.67. The van der Waals surface area contributed by atoms with Crippen LogP contribution in [0.4, 0.5) is 0 Å². The second-order valence-corrected chi connectivity index (χ2v) is 7.11. The van der Waals surface area contributed by atoms with Gasteiger partial charge in [-0.2, -0.15) is 0 Å². The van der Waals surface area contributed by atoms with Crippen LogP contribution >= 0.6 is 0 Å². The van der Waals surface area contributed by atoms with Gasteiger partial charge in [0.25, 0.3) is 0 Å². The number of hydrogen-bond acceptors (Lipinski definition) is 7. The van der Waals surface area contributed by atoms with Gasteiger partial charge in [-0.05, 0) is 19.3 Å². The molecule has 0 N–H and O–H groups in total. The van der Waals surface area contributed by atoms with Crippen molar-refractivity contribution in [3.63, 3.8) is 0 Å². The molecule has 1 heterocycles. The van der Waals surface area contributed by atoms with Crippen molar-refractivity contribution in [2.45, 2.75) is 32.3 Å². The van der Waals surface area contributed by atoms with Gasteiger partial charge in [-0.3, -0.25) is 14.4 Å². The van der Waals surface area contributed by atoms with Crippen LogP contribution in [0, 0.1) is 29.6 Å². The average Bonchev–Trinajstić information content (AvgIpc) is 3.17. The Morgan fingerprint density at radius 3 is 2.64 bits per heavy atom. The molecule has 25 heavy (non-hydrogen) atoms. The fourth-order valence-corrected chi connectivity index (χ4v) is 4.66. The van der Waals surface area contributed by atoms with E-state index in [0.29, 0.717) is 6.42 Å². The average molecular weight is 350 g/mol. The molecule has 1 saturated heterocycles. The smallest absolute Gasteiger partial charge is 0.333 e. The zero-order valence-corrected chi connectivity index (χ0v) is 14.4. The summed E-state index contributed by atoms with van der Waals surface area (Å²) in [7, 11) is 1.31. The van der Waals surface area contributed by atoms with E-state index < -0.39 is 23.8 Å². The van der Waals surface area contributed by atoms with Gasteiger partial charge in [0.15, 0.2) is 0 Å². The maximum Gasteiger partial charge on any atom is 0.333 e. The largest absolute Gasteiger partial charge is 0.469 e. The number of esters is 3. The second kappa shape index (κ2) is 6.61. The lowest BCUT2D eigenvalue weighted by Crippen LogP contribution is -2.39. The van der Waals surface area contributed by atoms with Crippen LogP contribution < -0.4 is 0 Å². The number of carbonyl (C=O) groups is 4. The number of carbonyl (C=O) groups excluding carboxylic acids is 4. The number of fused-ring (bicyclic) bond motifs is 1. The predicted octanol–water partition coefficient (Wildman–Crippen LogP) is 1.05. The van der Waals surface area contributed by atoms with Gasteiger partial charge in [0, 0.05) is 30.3 Å². The van der Waals surface area contributed by atoms with Crippen LogP contribution in [0.5, 0.6) is 0 Å². The van der Waals surface area contributed by atoms with Crippen LogP contribution in [0.25, 0.3) is 0 Å². The number of ketones is 1. The summed E-state index contributed by atoms with van der Waals surface area (Å²) >= 11 is 0. The first kappa shape index (κ1) is 17.6. The number of methoxy groups -OCH3 is 1. The van der Waals surface area contributed by atoms with E-state index in [0.717, 1.165) is 0 Å². The van der Waals surface area contributed by atoms with Gasteiger partial charge in [-0.15, -0.1) is 0 Å². The Labute approximate surface area is 145 Å². The number of ether oxygens (including phenoxy) is 3. The molecule has 2 aliphatic carbocycles. The molecule has 0 aromatic rings. The molecule has 1 aliphatic heterocycles. The molecule has 7 nitrogen and oxygen atoms in total. The first-order valence-electron chi connectivity index (χ1n) is 8.47. The van der Waals surface area contributed by atoms with E-state index in [-0.39, 0.29) is 60.6 Å². The van der Waals surface area contributed by atoms with Gasteiger partial charge in [0.2, 0.25) is 0 Å².